The van der Waals surface area contributed by atoms with E-state index in [2.05, 4.69) is 15.0 Å². The van der Waals surface area contributed by atoms with E-state index < -0.39 is 11.2 Å². The Morgan fingerprint density at radius 1 is 1.24 bits per heavy atom. The number of aromatic nitrogens is 4. The minimum atomic E-state index is -0.469. The van der Waals surface area contributed by atoms with Gasteiger partial charge < -0.3 is 4.98 Å². The Hall–Kier alpha value is -1.76. The van der Waals surface area contributed by atoms with E-state index in [4.69, 9.17) is 12.2 Å². The molecule has 2 aromatic heterocycles. The van der Waals surface area contributed by atoms with Gasteiger partial charge in [-0.2, -0.15) is 0 Å². The van der Waals surface area contributed by atoms with Crippen molar-refractivity contribution in [2.45, 2.75) is 51.5 Å². The molecule has 0 amide bonds. The van der Waals surface area contributed by atoms with Crippen molar-refractivity contribution in [3.8, 4) is 0 Å². The van der Waals surface area contributed by atoms with Gasteiger partial charge >= 0.3 is 5.69 Å². The first-order valence-corrected chi connectivity index (χ1v) is 7.79. The van der Waals surface area contributed by atoms with E-state index in [0.717, 1.165) is 18.7 Å². The second kappa shape index (κ2) is 5.55. The number of aryl methyl sites for hydroxylation is 1. The fraction of sp³-hybridized carbons (Fsp3) is 0.571. The van der Waals surface area contributed by atoms with Crippen molar-refractivity contribution >= 4 is 23.3 Å². The minimum Gasteiger partial charge on any atom is -0.329 e. The second-order valence-electron chi connectivity index (χ2n) is 5.49. The van der Waals surface area contributed by atoms with E-state index in [1.54, 1.807) is 0 Å². The molecule has 7 heteroatoms. The van der Waals surface area contributed by atoms with E-state index in [1.165, 1.54) is 23.8 Å². The number of aromatic amines is 2. The summed E-state index contributed by atoms with van der Waals surface area (Å²) in [6, 6.07) is 0. The van der Waals surface area contributed by atoms with Crippen LogP contribution in [0.2, 0.25) is 0 Å². The lowest BCUT2D eigenvalue weighted by atomic mass is 9.89. The number of hydrogen-bond acceptors (Lipinski definition) is 4. The summed E-state index contributed by atoms with van der Waals surface area (Å²) in [5.74, 6) is 1.14. The first-order valence-electron chi connectivity index (χ1n) is 7.39. The van der Waals surface area contributed by atoms with Crippen LogP contribution in [0, 0.1) is 4.64 Å². The van der Waals surface area contributed by atoms with Crippen LogP contribution >= 0.6 is 12.2 Å². The average Bonchev–Trinajstić information content (AvgIpc) is 2.47. The van der Waals surface area contributed by atoms with Gasteiger partial charge in [0.2, 0.25) is 0 Å². The predicted molar refractivity (Wildman–Crippen MR) is 83.3 cm³/mol. The summed E-state index contributed by atoms with van der Waals surface area (Å²) in [4.78, 5) is 33.8. The minimum absolute atomic E-state index is 0.271. The summed E-state index contributed by atoms with van der Waals surface area (Å²) in [5, 5.41) is 0.297. The van der Waals surface area contributed by atoms with Gasteiger partial charge in [-0.15, -0.1) is 0 Å². The number of hydrogen-bond donors (Lipinski definition) is 2. The van der Waals surface area contributed by atoms with Crippen LogP contribution in [0.15, 0.2) is 9.59 Å². The standard InChI is InChI=1S/C14H18N4O2S/c1-2-18-11-9(12(19)17-14(18)20)13(21)16-10(15-11)8-6-4-3-5-7-8/h8H,2-7H2,1H3,(H,15,16,21)(H,17,19,20). The lowest BCUT2D eigenvalue weighted by Crippen LogP contribution is -2.31. The Morgan fingerprint density at radius 2 is 1.95 bits per heavy atom. The maximum Gasteiger partial charge on any atom is 0.329 e. The molecule has 0 atom stereocenters. The van der Waals surface area contributed by atoms with E-state index in [9.17, 15) is 9.59 Å². The molecular formula is C14H18N4O2S. The number of rotatable bonds is 2. The van der Waals surface area contributed by atoms with Gasteiger partial charge in [0.15, 0.2) is 0 Å². The molecule has 21 heavy (non-hydrogen) atoms. The molecule has 0 radical (unpaired) electrons. The molecule has 2 heterocycles. The Balaban J connectivity index is 2.29. The van der Waals surface area contributed by atoms with Crippen molar-refractivity contribution < 1.29 is 0 Å². The summed E-state index contributed by atoms with van der Waals surface area (Å²) in [5.41, 5.74) is -0.392. The first kappa shape index (κ1) is 14.2. The smallest absolute Gasteiger partial charge is 0.329 e. The van der Waals surface area contributed by atoms with Gasteiger partial charge in [-0.3, -0.25) is 14.3 Å². The Bertz CT molecular complexity index is 843. The van der Waals surface area contributed by atoms with Crippen molar-refractivity contribution in [3.05, 3.63) is 31.3 Å². The molecule has 2 N–H and O–H groups in total. The van der Waals surface area contributed by atoms with Crippen molar-refractivity contribution in [3.63, 3.8) is 0 Å². The number of nitrogens with one attached hydrogen (secondary N) is 2. The van der Waals surface area contributed by atoms with Gasteiger partial charge in [-0.1, -0.05) is 31.5 Å². The van der Waals surface area contributed by atoms with Crippen LogP contribution < -0.4 is 11.2 Å². The normalized spacial score (nSPS) is 16.4. The molecule has 1 aliphatic carbocycles. The molecule has 0 unspecified atom stereocenters. The molecule has 0 aliphatic heterocycles. The summed E-state index contributed by atoms with van der Waals surface area (Å²) in [7, 11) is 0. The van der Waals surface area contributed by atoms with E-state index in [-0.39, 0.29) is 4.64 Å². The molecule has 0 spiro atoms. The molecule has 1 fully saturated rings. The van der Waals surface area contributed by atoms with Crippen LogP contribution in [0.4, 0.5) is 0 Å². The lowest BCUT2D eigenvalue weighted by Gasteiger charge is -2.21. The number of H-pyrrole nitrogens is 2. The zero-order valence-electron chi connectivity index (χ0n) is 11.9. The van der Waals surface area contributed by atoms with Gasteiger partial charge in [0.05, 0.1) is 0 Å². The highest BCUT2D eigenvalue weighted by Crippen LogP contribution is 2.30. The SMILES string of the molecule is CCn1c(=O)[nH]c(=O)c2c(=S)nc(C3CCCCC3)[nH]c21. The van der Waals surface area contributed by atoms with Crippen LogP contribution in [-0.4, -0.2) is 19.5 Å². The Labute approximate surface area is 126 Å². The van der Waals surface area contributed by atoms with Gasteiger partial charge in [-0.25, -0.2) is 9.78 Å². The fourth-order valence-electron chi connectivity index (χ4n) is 3.09. The maximum atomic E-state index is 12.0. The predicted octanol–water partition coefficient (Wildman–Crippen LogP) is 2.21. The largest absolute Gasteiger partial charge is 0.329 e. The van der Waals surface area contributed by atoms with Crippen molar-refractivity contribution in [2.24, 2.45) is 0 Å². The molecule has 6 nitrogen and oxygen atoms in total. The summed E-state index contributed by atoms with van der Waals surface area (Å²) >= 11 is 5.28. The van der Waals surface area contributed by atoms with Crippen LogP contribution in [-0.2, 0) is 6.54 Å². The fourth-order valence-corrected chi connectivity index (χ4v) is 3.37. The van der Waals surface area contributed by atoms with Crippen molar-refractivity contribution in [1.29, 1.82) is 0 Å². The lowest BCUT2D eigenvalue weighted by molar-refractivity contribution is 0.428. The van der Waals surface area contributed by atoms with Gasteiger partial charge in [-0.05, 0) is 19.8 Å². The zero-order chi connectivity index (χ0) is 15.0. The quantitative estimate of drug-likeness (QED) is 0.833. The van der Waals surface area contributed by atoms with Crippen molar-refractivity contribution in [1.82, 2.24) is 19.5 Å². The molecule has 0 saturated heterocycles. The van der Waals surface area contributed by atoms with Crippen LogP contribution in [0.1, 0.15) is 50.8 Å². The number of nitrogens with zero attached hydrogens (tertiary/aromatic N) is 2. The monoisotopic (exact) mass is 306 g/mol. The molecule has 3 rings (SSSR count). The van der Waals surface area contributed by atoms with Crippen LogP contribution in [0.3, 0.4) is 0 Å². The third kappa shape index (κ3) is 2.46. The topological polar surface area (TPSA) is 83.5 Å². The summed E-state index contributed by atoms with van der Waals surface area (Å²) in [6.45, 7) is 2.32. The molecular weight excluding hydrogens is 288 g/mol. The highest BCUT2D eigenvalue weighted by molar-refractivity contribution is 7.71. The third-order valence-corrected chi connectivity index (χ3v) is 4.49. The molecule has 112 valence electrons. The van der Waals surface area contributed by atoms with E-state index in [0.29, 0.717) is 23.5 Å². The summed E-state index contributed by atoms with van der Waals surface area (Å²) < 4.78 is 1.77. The van der Waals surface area contributed by atoms with E-state index in [1.807, 2.05) is 6.92 Å². The highest BCUT2D eigenvalue weighted by atomic mass is 32.1. The zero-order valence-corrected chi connectivity index (χ0v) is 12.8. The third-order valence-electron chi connectivity index (χ3n) is 4.19. The molecule has 2 aromatic rings. The number of fused-ring (bicyclic) bond motifs is 1. The maximum absolute atomic E-state index is 12.0. The van der Waals surface area contributed by atoms with E-state index >= 15 is 0 Å². The van der Waals surface area contributed by atoms with Gasteiger partial charge in [0, 0.05) is 12.5 Å². The van der Waals surface area contributed by atoms with Gasteiger partial charge in [0.1, 0.15) is 21.5 Å². The first-order chi connectivity index (χ1) is 10.1. The second-order valence-corrected chi connectivity index (χ2v) is 5.88. The van der Waals surface area contributed by atoms with Gasteiger partial charge in [0.25, 0.3) is 5.56 Å². The molecule has 1 saturated carbocycles. The highest BCUT2D eigenvalue weighted by Gasteiger charge is 2.19. The van der Waals surface area contributed by atoms with Crippen LogP contribution in [0.25, 0.3) is 11.0 Å². The van der Waals surface area contributed by atoms with Crippen molar-refractivity contribution in [2.75, 3.05) is 0 Å². The summed E-state index contributed by atoms with van der Waals surface area (Å²) in [6.07, 6.45) is 5.76. The molecule has 0 bridgehead atoms. The molecule has 0 aromatic carbocycles. The van der Waals surface area contributed by atoms with Crippen LogP contribution in [0.5, 0.6) is 0 Å². The molecule has 1 aliphatic rings. The Kier molecular flexibility index (Phi) is 3.75. The Morgan fingerprint density at radius 3 is 2.62 bits per heavy atom. The average molecular weight is 306 g/mol.